The summed E-state index contributed by atoms with van der Waals surface area (Å²) < 4.78 is 53.7. The van der Waals surface area contributed by atoms with Crippen molar-refractivity contribution in [2.45, 2.75) is 4.90 Å². The van der Waals surface area contributed by atoms with Crippen LogP contribution < -0.4 is 10.0 Å². The van der Waals surface area contributed by atoms with Gasteiger partial charge in [0.05, 0.1) is 11.4 Å². The fourth-order valence-corrected chi connectivity index (χ4v) is 2.96. The van der Waals surface area contributed by atoms with Gasteiger partial charge in [0, 0.05) is 14.1 Å². The molecule has 0 aliphatic carbocycles. The molecular weight excluding hydrogens is 340 g/mol. The van der Waals surface area contributed by atoms with Gasteiger partial charge in [-0.05, 0) is 30.3 Å². The minimum atomic E-state index is -4.37. The van der Waals surface area contributed by atoms with Crippen molar-refractivity contribution < 1.29 is 22.0 Å². The lowest BCUT2D eigenvalue weighted by atomic mass is 10.3. The van der Waals surface area contributed by atoms with Gasteiger partial charge in [0.2, 0.25) is 0 Å². The van der Waals surface area contributed by atoms with E-state index in [1.165, 1.54) is 37.2 Å². The van der Waals surface area contributed by atoms with Crippen LogP contribution in [0.15, 0.2) is 47.4 Å². The van der Waals surface area contributed by atoms with E-state index in [2.05, 4.69) is 10.0 Å². The zero-order chi connectivity index (χ0) is 17.9. The van der Waals surface area contributed by atoms with Crippen LogP contribution >= 0.6 is 0 Å². The first kappa shape index (κ1) is 17.7. The molecule has 0 fully saturated rings. The van der Waals surface area contributed by atoms with E-state index in [0.29, 0.717) is 6.07 Å². The van der Waals surface area contributed by atoms with Crippen molar-refractivity contribution in [3.63, 3.8) is 0 Å². The van der Waals surface area contributed by atoms with Gasteiger partial charge in [0.15, 0.2) is 0 Å². The third-order valence-corrected chi connectivity index (χ3v) is 4.38. The van der Waals surface area contributed by atoms with Crippen molar-refractivity contribution in [2.24, 2.45) is 0 Å². The van der Waals surface area contributed by atoms with Gasteiger partial charge < -0.3 is 10.2 Å². The van der Waals surface area contributed by atoms with Gasteiger partial charge in [-0.3, -0.25) is 4.72 Å². The molecule has 2 amide bonds. The molecule has 0 radical (unpaired) electrons. The smallest absolute Gasteiger partial charge is 0.321 e. The maximum atomic E-state index is 13.7. The number of benzene rings is 2. The average Bonchev–Trinajstić information content (AvgIpc) is 2.51. The van der Waals surface area contributed by atoms with Crippen molar-refractivity contribution in [3.05, 3.63) is 54.1 Å². The second-order valence-corrected chi connectivity index (χ2v) is 6.70. The maximum absolute atomic E-state index is 13.7. The highest BCUT2D eigenvalue weighted by atomic mass is 32.2. The van der Waals surface area contributed by atoms with Gasteiger partial charge in [-0.25, -0.2) is 22.0 Å². The highest BCUT2D eigenvalue weighted by Crippen LogP contribution is 2.26. The molecule has 0 saturated carbocycles. The minimum absolute atomic E-state index is 0.0244. The van der Waals surface area contributed by atoms with Crippen molar-refractivity contribution in [3.8, 4) is 0 Å². The third-order valence-electron chi connectivity index (χ3n) is 3.00. The van der Waals surface area contributed by atoms with E-state index in [0.717, 1.165) is 12.1 Å². The molecule has 9 heteroatoms. The molecule has 0 saturated heterocycles. The standard InChI is InChI=1S/C15H15F2N3O3S/c1-20(2)15(21)18-12-5-3-4-6-13(12)19-24(22,23)14-9-10(16)7-8-11(14)17/h3-9,19H,1-2H3,(H,18,21). The highest BCUT2D eigenvalue weighted by molar-refractivity contribution is 7.92. The molecule has 0 unspecified atom stereocenters. The molecule has 6 nitrogen and oxygen atoms in total. The van der Waals surface area contributed by atoms with Crippen molar-refractivity contribution in [1.29, 1.82) is 0 Å². The van der Waals surface area contributed by atoms with Crippen LogP contribution in [0.4, 0.5) is 25.0 Å². The SMILES string of the molecule is CN(C)C(=O)Nc1ccccc1NS(=O)(=O)c1cc(F)ccc1F. The molecule has 0 atom stereocenters. The summed E-state index contributed by atoms with van der Waals surface area (Å²) in [7, 11) is -1.34. The number of nitrogens with one attached hydrogen (secondary N) is 2. The molecule has 128 valence electrons. The summed E-state index contributed by atoms with van der Waals surface area (Å²) in [6, 6.07) is 7.64. The lowest BCUT2D eigenvalue weighted by Crippen LogP contribution is -2.28. The van der Waals surface area contributed by atoms with Crippen molar-refractivity contribution >= 4 is 27.4 Å². The zero-order valence-electron chi connectivity index (χ0n) is 12.9. The Morgan fingerprint density at radius 3 is 2.29 bits per heavy atom. The van der Waals surface area contributed by atoms with Gasteiger partial charge in [0.25, 0.3) is 10.0 Å². The number of hydrogen-bond donors (Lipinski definition) is 2. The Labute approximate surface area is 138 Å². The van der Waals surface area contributed by atoms with Crippen molar-refractivity contribution in [1.82, 2.24) is 4.90 Å². The van der Waals surface area contributed by atoms with E-state index in [9.17, 15) is 22.0 Å². The van der Waals surface area contributed by atoms with Crippen LogP contribution in [-0.4, -0.2) is 33.4 Å². The van der Waals surface area contributed by atoms with E-state index in [1.807, 2.05) is 0 Å². The number of rotatable bonds is 4. The summed E-state index contributed by atoms with van der Waals surface area (Å²) in [6.07, 6.45) is 0. The number of sulfonamides is 1. The maximum Gasteiger partial charge on any atom is 0.321 e. The highest BCUT2D eigenvalue weighted by Gasteiger charge is 2.21. The molecule has 24 heavy (non-hydrogen) atoms. The van der Waals surface area contributed by atoms with Crippen LogP contribution in [0.3, 0.4) is 0 Å². The number of urea groups is 1. The summed E-state index contributed by atoms with van der Waals surface area (Å²) in [5, 5.41) is 2.50. The quantitative estimate of drug-likeness (QED) is 0.885. The van der Waals surface area contributed by atoms with Crippen LogP contribution in [0.5, 0.6) is 0 Å². The molecule has 2 rings (SSSR count). The molecule has 0 aromatic heterocycles. The number of carbonyl (C=O) groups is 1. The number of halogens is 2. The Balaban J connectivity index is 2.37. The van der Waals surface area contributed by atoms with Gasteiger partial charge in [-0.2, -0.15) is 0 Å². The van der Waals surface area contributed by atoms with Gasteiger partial charge in [-0.15, -0.1) is 0 Å². The Morgan fingerprint density at radius 2 is 1.67 bits per heavy atom. The van der Waals surface area contributed by atoms with Crippen LogP contribution in [0.2, 0.25) is 0 Å². The van der Waals surface area contributed by atoms with E-state index in [4.69, 9.17) is 0 Å². The molecule has 0 aliphatic heterocycles. The Bertz CT molecular complexity index is 870. The lowest BCUT2D eigenvalue weighted by Gasteiger charge is -2.16. The predicted octanol–water partition coefficient (Wildman–Crippen LogP) is 2.86. The average molecular weight is 355 g/mol. The number of para-hydroxylation sites is 2. The molecule has 0 bridgehead atoms. The summed E-state index contributed by atoms with van der Waals surface area (Å²) >= 11 is 0. The lowest BCUT2D eigenvalue weighted by molar-refractivity contribution is 0.230. The Kier molecular flexibility index (Phi) is 5.03. The minimum Gasteiger partial charge on any atom is -0.331 e. The molecule has 0 aliphatic rings. The number of anilines is 2. The van der Waals surface area contributed by atoms with E-state index < -0.39 is 32.6 Å². The van der Waals surface area contributed by atoms with Gasteiger partial charge in [-0.1, -0.05) is 12.1 Å². The van der Waals surface area contributed by atoms with E-state index in [-0.39, 0.29) is 11.4 Å². The summed E-state index contributed by atoms with van der Waals surface area (Å²) in [5.41, 5.74) is 0.202. The van der Waals surface area contributed by atoms with Crippen LogP contribution in [-0.2, 0) is 10.0 Å². The molecule has 0 heterocycles. The first-order valence-corrected chi connectivity index (χ1v) is 8.24. The Hall–Kier alpha value is -2.68. The fourth-order valence-electron chi connectivity index (χ4n) is 1.79. The fraction of sp³-hybridized carbons (Fsp3) is 0.133. The second kappa shape index (κ2) is 6.83. The zero-order valence-corrected chi connectivity index (χ0v) is 13.7. The third kappa shape index (κ3) is 3.99. The van der Waals surface area contributed by atoms with Gasteiger partial charge in [0.1, 0.15) is 16.5 Å². The van der Waals surface area contributed by atoms with Crippen molar-refractivity contribution in [2.75, 3.05) is 24.1 Å². The monoisotopic (exact) mass is 355 g/mol. The number of carbonyl (C=O) groups excluding carboxylic acids is 1. The first-order valence-electron chi connectivity index (χ1n) is 6.76. The van der Waals surface area contributed by atoms with Gasteiger partial charge >= 0.3 is 6.03 Å². The summed E-state index contributed by atoms with van der Waals surface area (Å²) in [6.45, 7) is 0. The van der Waals surface area contributed by atoms with Crippen LogP contribution in [0.1, 0.15) is 0 Å². The normalized spacial score (nSPS) is 11.0. The number of hydrogen-bond acceptors (Lipinski definition) is 3. The Morgan fingerprint density at radius 1 is 1.04 bits per heavy atom. The second-order valence-electron chi connectivity index (χ2n) is 5.05. The van der Waals surface area contributed by atoms with E-state index in [1.54, 1.807) is 6.07 Å². The number of amides is 2. The predicted molar refractivity (Wildman–Crippen MR) is 86.3 cm³/mol. The molecule has 2 aromatic carbocycles. The summed E-state index contributed by atoms with van der Waals surface area (Å²) in [4.78, 5) is 12.2. The first-order chi connectivity index (χ1) is 11.2. The topological polar surface area (TPSA) is 78.5 Å². The summed E-state index contributed by atoms with van der Waals surface area (Å²) in [5.74, 6) is -1.97. The molecule has 0 spiro atoms. The van der Waals surface area contributed by atoms with Crippen LogP contribution in [0.25, 0.3) is 0 Å². The van der Waals surface area contributed by atoms with E-state index >= 15 is 0 Å². The largest absolute Gasteiger partial charge is 0.331 e. The molecular formula is C15H15F2N3O3S. The van der Waals surface area contributed by atoms with Crippen LogP contribution in [0, 0.1) is 11.6 Å². The number of nitrogens with zero attached hydrogens (tertiary/aromatic N) is 1. The molecule has 2 N–H and O–H groups in total. The molecule has 2 aromatic rings.